The van der Waals surface area contributed by atoms with Crippen molar-refractivity contribution < 1.29 is 14.6 Å². The van der Waals surface area contributed by atoms with Crippen LogP contribution in [-0.2, 0) is 11.3 Å². The molecule has 15 heavy (non-hydrogen) atoms. The fourth-order valence-corrected chi connectivity index (χ4v) is 2.16. The Hall–Kier alpha value is -0.620. The van der Waals surface area contributed by atoms with Gasteiger partial charge in [-0.3, -0.25) is 0 Å². The molecule has 1 aliphatic heterocycles. The van der Waals surface area contributed by atoms with E-state index in [1.807, 2.05) is 12.1 Å². The SMILES string of the molecule is NCC(O)c1cc(Br)c2c(c1)COCO2. The van der Waals surface area contributed by atoms with Gasteiger partial charge in [-0.05, 0) is 33.6 Å². The molecule has 1 aromatic rings. The minimum absolute atomic E-state index is 0.201. The number of fused-ring (bicyclic) bond motifs is 1. The van der Waals surface area contributed by atoms with Crippen LogP contribution in [0.4, 0.5) is 0 Å². The zero-order valence-corrected chi connectivity index (χ0v) is 9.66. The molecule has 1 unspecified atom stereocenters. The molecule has 0 aromatic heterocycles. The maximum Gasteiger partial charge on any atom is 0.189 e. The zero-order valence-electron chi connectivity index (χ0n) is 8.07. The largest absolute Gasteiger partial charge is 0.466 e. The third kappa shape index (κ3) is 2.15. The molecule has 0 aliphatic carbocycles. The number of nitrogens with two attached hydrogens (primary N) is 1. The third-order valence-corrected chi connectivity index (χ3v) is 2.88. The van der Waals surface area contributed by atoms with Crippen molar-refractivity contribution in [3.63, 3.8) is 0 Å². The van der Waals surface area contributed by atoms with Crippen LogP contribution in [0.3, 0.4) is 0 Å². The minimum atomic E-state index is -0.645. The lowest BCUT2D eigenvalue weighted by molar-refractivity contribution is -0.0170. The summed E-state index contributed by atoms with van der Waals surface area (Å²) in [6.45, 7) is 0.969. The molecule has 4 nitrogen and oxygen atoms in total. The number of halogens is 1. The molecule has 1 heterocycles. The fourth-order valence-electron chi connectivity index (χ4n) is 1.52. The van der Waals surface area contributed by atoms with Gasteiger partial charge in [0.1, 0.15) is 5.75 Å². The predicted molar refractivity (Wildman–Crippen MR) is 58.4 cm³/mol. The quantitative estimate of drug-likeness (QED) is 0.853. The Kier molecular flexibility index (Phi) is 3.25. The van der Waals surface area contributed by atoms with E-state index in [2.05, 4.69) is 15.9 Å². The van der Waals surface area contributed by atoms with Gasteiger partial charge in [-0.2, -0.15) is 0 Å². The van der Waals surface area contributed by atoms with E-state index < -0.39 is 6.10 Å². The molecule has 5 heteroatoms. The van der Waals surface area contributed by atoms with Gasteiger partial charge in [0.15, 0.2) is 6.79 Å². The van der Waals surface area contributed by atoms with E-state index in [9.17, 15) is 5.11 Å². The number of benzene rings is 1. The number of aliphatic hydroxyl groups is 1. The maximum atomic E-state index is 9.63. The first-order valence-corrected chi connectivity index (χ1v) is 5.42. The van der Waals surface area contributed by atoms with Crippen molar-refractivity contribution in [1.29, 1.82) is 0 Å². The van der Waals surface area contributed by atoms with E-state index in [1.54, 1.807) is 0 Å². The first-order chi connectivity index (χ1) is 7.22. The summed E-state index contributed by atoms with van der Waals surface area (Å²) in [5.74, 6) is 0.786. The second kappa shape index (κ2) is 4.49. The molecule has 0 saturated carbocycles. The minimum Gasteiger partial charge on any atom is -0.466 e. The molecule has 1 aliphatic rings. The lowest BCUT2D eigenvalue weighted by Gasteiger charge is -2.21. The van der Waals surface area contributed by atoms with E-state index in [0.29, 0.717) is 6.61 Å². The van der Waals surface area contributed by atoms with Crippen LogP contribution >= 0.6 is 15.9 Å². The number of rotatable bonds is 2. The van der Waals surface area contributed by atoms with Crippen LogP contribution in [0.1, 0.15) is 17.2 Å². The highest BCUT2D eigenvalue weighted by Gasteiger charge is 2.17. The van der Waals surface area contributed by atoms with Gasteiger partial charge in [0.05, 0.1) is 17.2 Å². The Morgan fingerprint density at radius 3 is 3.07 bits per heavy atom. The number of ether oxygens (including phenoxy) is 2. The average molecular weight is 274 g/mol. The molecule has 0 fully saturated rings. The van der Waals surface area contributed by atoms with Crippen molar-refractivity contribution in [2.45, 2.75) is 12.7 Å². The monoisotopic (exact) mass is 273 g/mol. The molecule has 0 amide bonds. The van der Waals surface area contributed by atoms with Gasteiger partial charge in [-0.25, -0.2) is 0 Å². The highest BCUT2D eigenvalue weighted by molar-refractivity contribution is 9.10. The molecule has 0 saturated heterocycles. The smallest absolute Gasteiger partial charge is 0.189 e. The molecule has 0 bridgehead atoms. The van der Waals surface area contributed by atoms with Gasteiger partial charge >= 0.3 is 0 Å². The van der Waals surface area contributed by atoms with E-state index >= 15 is 0 Å². The van der Waals surface area contributed by atoms with Crippen molar-refractivity contribution in [3.8, 4) is 5.75 Å². The molecular weight excluding hydrogens is 262 g/mol. The molecule has 82 valence electrons. The van der Waals surface area contributed by atoms with Crippen LogP contribution in [0.15, 0.2) is 16.6 Å². The van der Waals surface area contributed by atoms with Crippen molar-refractivity contribution in [1.82, 2.24) is 0 Å². The lowest BCUT2D eigenvalue weighted by atomic mass is 10.1. The summed E-state index contributed by atoms with van der Waals surface area (Å²) < 4.78 is 11.3. The first kappa shape index (κ1) is 10.9. The van der Waals surface area contributed by atoms with E-state index in [0.717, 1.165) is 21.3 Å². The van der Waals surface area contributed by atoms with Crippen LogP contribution in [0.2, 0.25) is 0 Å². The zero-order chi connectivity index (χ0) is 10.8. The highest BCUT2D eigenvalue weighted by atomic mass is 79.9. The van der Waals surface area contributed by atoms with Crippen LogP contribution in [0.25, 0.3) is 0 Å². The van der Waals surface area contributed by atoms with E-state index in [-0.39, 0.29) is 13.3 Å². The van der Waals surface area contributed by atoms with Crippen molar-refractivity contribution in [3.05, 3.63) is 27.7 Å². The highest BCUT2D eigenvalue weighted by Crippen LogP contribution is 2.35. The molecule has 2 rings (SSSR count). The van der Waals surface area contributed by atoms with E-state index in [1.165, 1.54) is 0 Å². The van der Waals surface area contributed by atoms with Gasteiger partial charge < -0.3 is 20.3 Å². The summed E-state index contributed by atoms with van der Waals surface area (Å²) in [7, 11) is 0. The summed E-state index contributed by atoms with van der Waals surface area (Å²) in [5.41, 5.74) is 7.11. The molecule has 0 radical (unpaired) electrons. The normalized spacial score (nSPS) is 16.7. The molecule has 1 aromatic carbocycles. The second-order valence-electron chi connectivity index (χ2n) is 3.35. The summed E-state index contributed by atoms with van der Waals surface area (Å²) in [5, 5.41) is 9.63. The lowest BCUT2D eigenvalue weighted by Crippen LogP contribution is -2.15. The number of hydrogen-bond donors (Lipinski definition) is 2. The Bertz CT molecular complexity index is 370. The Balaban J connectivity index is 2.40. The number of aliphatic hydroxyl groups excluding tert-OH is 1. The van der Waals surface area contributed by atoms with Crippen molar-refractivity contribution >= 4 is 15.9 Å². The summed E-state index contributed by atoms with van der Waals surface area (Å²) in [6.07, 6.45) is -0.645. The third-order valence-electron chi connectivity index (χ3n) is 2.30. The van der Waals surface area contributed by atoms with Gasteiger partial charge in [0.2, 0.25) is 0 Å². The molecule has 1 atom stereocenters. The van der Waals surface area contributed by atoms with Crippen LogP contribution < -0.4 is 10.5 Å². The predicted octanol–water partition coefficient (Wildman–Crippen LogP) is 1.31. The summed E-state index contributed by atoms with van der Waals surface area (Å²) >= 11 is 3.40. The summed E-state index contributed by atoms with van der Waals surface area (Å²) in [4.78, 5) is 0. The Morgan fingerprint density at radius 1 is 1.53 bits per heavy atom. The fraction of sp³-hybridized carbons (Fsp3) is 0.400. The standard InChI is InChI=1S/C10H12BrNO3/c11-8-2-6(9(13)3-12)1-7-4-14-5-15-10(7)8/h1-2,9,13H,3-5,12H2. The van der Waals surface area contributed by atoms with Crippen LogP contribution in [-0.4, -0.2) is 18.4 Å². The van der Waals surface area contributed by atoms with Crippen LogP contribution in [0, 0.1) is 0 Å². The van der Waals surface area contributed by atoms with Gasteiger partial charge in [-0.1, -0.05) is 0 Å². The summed E-state index contributed by atoms with van der Waals surface area (Å²) in [6, 6.07) is 3.68. The van der Waals surface area contributed by atoms with Crippen molar-refractivity contribution in [2.24, 2.45) is 5.73 Å². The first-order valence-electron chi connectivity index (χ1n) is 4.63. The maximum absolute atomic E-state index is 9.63. The van der Waals surface area contributed by atoms with Crippen LogP contribution in [0.5, 0.6) is 5.75 Å². The average Bonchev–Trinajstić information content (AvgIpc) is 2.28. The number of hydrogen-bond acceptors (Lipinski definition) is 4. The van der Waals surface area contributed by atoms with E-state index in [4.69, 9.17) is 15.2 Å². The topological polar surface area (TPSA) is 64.7 Å². The van der Waals surface area contributed by atoms with Gasteiger partial charge in [0.25, 0.3) is 0 Å². The Morgan fingerprint density at radius 2 is 2.33 bits per heavy atom. The second-order valence-corrected chi connectivity index (χ2v) is 4.21. The Labute approximate surface area is 96.1 Å². The van der Waals surface area contributed by atoms with Crippen molar-refractivity contribution in [2.75, 3.05) is 13.3 Å². The molecule has 0 spiro atoms. The molecular formula is C10H12BrNO3. The van der Waals surface area contributed by atoms with Gasteiger partial charge in [0, 0.05) is 12.1 Å². The molecule has 3 N–H and O–H groups in total. The van der Waals surface area contributed by atoms with Gasteiger partial charge in [-0.15, -0.1) is 0 Å².